The van der Waals surface area contributed by atoms with Crippen LogP contribution in [0.4, 0.5) is 5.69 Å². The Morgan fingerprint density at radius 2 is 2.00 bits per heavy atom. The molecule has 0 spiro atoms. The largest absolute Gasteiger partial charge is 0.489 e. The molecule has 1 heterocycles. The normalized spacial score (nSPS) is 12.3. The molecule has 0 fully saturated rings. The van der Waals surface area contributed by atoms with Crippen LogP contribution in [0, 0.1) is 0 Å². The molecular weight excluding hydrogens is 294 g/mol. The fourth-order valence-corrected chi connectivity index (χ4v) is 2.21. The minimum Gasteiger partial charge on any atom is -0.489 e. The highest BCUT2D eigenvalue weighted by atomic mass is 16.6. The molecule has 0 saturated carbocycles. The zero-order valence-corrected chi connectivity index (χ0v) is 12.6. The number of fused-ring (bicyclic) bond motifs is 1. The molecule has 1 amide bonds. The van der Waals surface area contributed by atoms with Gasteiger partial charge in [0.05, 0.1) is 0 Å². The Balaban J connectivity index is 1.72. The molecule has 1 aliphatic rings. The molecular formula is C18H17NO4. The van der Waals surface area contributed by atoms with Crippen LogP contribution in [0.15, 0.2) is 55.1 Å². The molecule has 0 aliphatic carbocycles. The van der Waals surface area contributed by atoms with Gasteiger partial charge in [-0.15, -0.1) is 0 Å². The molecule has 0 atom stereocenters. The molecule has 0 saturated heterocycles. The Bertz CT molecular complexity index is 727. The second kappa shape index (κ2) is 6.87. The summed E-state index contributed by atoms with van der Waals surface area (Å²) in [6.45, 7) is 5.03. The summed E-state index contributed by atoms with van der Waals surface area (Å²) in [7, 11) is 0. The number of carbonyl (C=O) groups is 1. The molecule has 0 bridgehead atoms. The second-order valence-electron chi connectivity index (χ2n) is 4.94. The van der Waals surface area contributed by atoms with Gasteiger partial charge >= 0.3 is 0 Å². The van der Waals surface area contributed by atoms with Crippen LogP contribution in [0.2, 0.25) is 0 Å². The number of hydrogen-bond donors (Lipinski definition) is 1. The van der Waals surface area contributed by atoms with Crippen LogP contribution in [0.1, 0.15) is 10.4 Å². The predicted molar refractivity (Wildman–Crippen MR) is 87.5 cm³/mol. The molecule has 5 nitrogen and oxygen atoms in total. The van der Waals surface area contributed by atoms with Gasteiger partial charge in [0.1, 0.15) is 25.6 Å². The van der Waals surface area contributed by atoms with E-state index in [-0.39, 0.29) is 5.91 Å². The van der Waals surface area contributed by atoms with Crippen LogP contribution in [0.3, 0.4) is 0 Å². The zero-order chi connectivity index (χ0) is 16.1. The first kappa shape index (κ1) is 15.0. The summed E-state index contributed by atoms with van der Waals surface area (Å²) < 4.78 is 16.4. The Hall–Kier alpha value is -2.95. The molecule has 0 unspecified atom stereocenters. The third-order valence-electron chi connectivity index (χ3n) is 3.26. The van der Waals surface area contributed by atoms with Crippen molar-refractivity contribution >= 4 is 11.6 Å². The molecule has 1 N–H and O–H groups in total. The minimum absolute atomic E-state index is 0.220. The van der Waals surface area contributed by atoms with Crippen LogP contribution in [-0.2, 0) is 0 Å². The third kappa shape index (κ3) is 3.63. The van der Waals surface area contributed by atoms with E-state index >= 15 is 0 Å². The summed E-state index contributed by atoms with van der Waals surface area (Å²) in [6, 6.07) is 12.3. The number of carbonyl (C=O) groups excluding carboxylic acids is 1. The highest BCUT2D eigenvalue weighted by molar-refractivity contribution is 6.04. The maximum Gasteiger partial charge on any atom is 0.255 e. The van der Waals surface area contributed by atoms with E-state index in [9.17, 15) is 4.79 Å². The van der Waals surface area contributed by atoms with Gasteiger partial charge in [-0.25, -0.2) is 0 Å². The molecule has 3 rings (SSSR count). The summed E-state index contributed by atoms with van der Waals surface area (Å²) in [5.41, 5.74) is 1.16. The van der Waals surface area contributed by atoms with E-state index in [1.165, 1.54) is 0 Å². The van der Waals surface area contributed by atoms with Crippen molar-refractivity contribution in [1.29, 1.82) is 0 Å². The lowest BCUT2D eigenvalue weighted by Crippen LogP contribution is -2.17. The lowest BCUT2D eigenvalue weighted by atomic mass is 10.1. The summed E-state index contributed by atoms with van der Waals surface area (Å²) in [5, 5.41) is 2.84. The summed E-state index contributed by atoms with van der Waals surface area (Å²) in [6.07, 6.45) is 1.67. The quantitative estimate of drug-likeness (QED) is 0.861. The third-order valence-corrected chi connectivity index (χ3v) is 3.26. The maximum atomic E-state index is 12.4. The monoisotopic (exact) mass is 311 g/mol. The maximum absolute atomic E-state index is 12.4. The molecule has 23 heavy (non-hydrogen) atoms. The van der Waals surface area contributed by atoms with Crippen molar-refractivity contribution in [3.63, 3.8) is 0 Å². The molecule has 1 aliphatic heterocycles. The number of hydrogen-bond acceptors (Lipinski definition) is 4. The molecule has 118 valence electrons. The predicted octanol–water partition coefficient (Wildman–Crippen LogP) is 3.27. The summed E-state index contributed by atoms with van der Waals surface area (Å²) >= 11 is 0. The first-order valence-corrected chi connectivity index (χ1v) is 7.31. The lowest BCUT2D eigenvalue weighted by Gasteiger charge is -2.18. The van der Waals surface area contributed by atoms with Gasteiger partial charge in [-0.2, -0.15) is 0 Å². The Kier molecular flexibility index (Phi) is 4.47. The first-order chi connectivity index (χ1) is 11.3. The summed E-state index contributed by atoms with van der Waals surface area (Å²) in [5.74, 6) is 1.70. The van der Waals surface area contributed by atoms with Crippen LogP contribution in [0.25, 0.3) is 0 Å². The number of ether oxygens (including phenoxy) is 3. The van der Waals surface area contributed by atoms with Crippen LogP contribution >= 0.6 is 0 Å². The van der Waals surface area contributed by atoms with E-state index in [1.807, 2.05) is 12.1 Å². The van der Waals surface area contributed by atoms with Gasteiger partial charge in [-0.1, -0.05) is 18.7 Å². The highest BCUT2D eigenvalue weighted by Gasteiger charge is 2.15. The Labute approximate surface area is 134 Å². The zero-order valence-electron chi connectivity index (χ0n) is 12.6. The number of anilines is 1. The first-order valence-electron chi connectivity index (χ1n) is 7.31. The smallest absolute Gasteiger partial charge is 0.255 e. The van der Waals surface area contributed by atoms with Crippen molar-refractivity contribution in [2.45, 2.75) is 0 Å². The van der Waals surface area contributed by atoms with Gasteiger partial charge in [0, 0.05) is 17.3 Å². The van der Waals surface area contributed by atoms with E-state index in [1.54, 1.807) is 36.4 Å². The average Bonchev–Trinajstić information content (AvgIpc) is 2.60. The molecule has 5 heteroatoms. The van der Waals surface area contributed by atoms with Gasteiger partial charge in [-0.3, -0.25) is 4.79 Å². The lowest BCUT2D eigenvalue weighted by molar-refractivity contribution is 0.102. The Morgan fingerprint density at radius 1 is 1.17 bits per heavy atom. The Morgan fingerprint density at radius 3 is 2.83 bits per heavy atom. The number of nitrogens with one attached hydrogen (secondary N) is 1. The van der Waals surface area contributed by atoms with Gasteiger partial charge in [0.15, 0.2) is 11.5 Å². The van der Waals surface area contributed by atoms with Crippen molar-refractivity contribution < 1.29 is 19.0 Å². The van der Waals surface area contributed by atoms with E-state index in [4.69, 9.17) is 14.2 Å². The van der Waals surface area contributed by atoms with Gasteiger partial charge < -0.3 is 19.5 Å². The minimum atomic E-state index is -0.220. The van der Waals surface area contributed by atoms with Crippen molar-refractivity contribution in [3.8, 4) is 17.2 Å². The molecule has 0 radical (unpaired) electrons. The fourth-order valence-electron chi connectivity index (χ4n) is 2.21. The second-order valence-corrected chi connectivity index (χ2v) is 4.94. The topological polar surface area (TPSA) is 56.8 Å². The van der Waals surface area contributed by atoms with Crippen molar-refractivity contribution in [3.05, 3.63) is 60.7 Å². The summed E-state index contributed by atoms with van der Waals surface area (Å²) in [4.78, 5) is 12.4. The van der Waals surface area contributed by atoms with Gasteiger partial charge in [-0.05, 0) is 30.3 Å². The van der Waals surface area contributed by atoms with Crippen LogP contribution in [0.5, 0.6) is 17.2 Å². The van der Waals surface area contributed by atoms with Gasteiger partial charge in [0.25, 0.3) is 5.91 Å². The van der Waals surface area contributed by atoms with Crippen molar-refractivity contribution in [1.82, 2.24) is 0 Å². The van der Waals surface area contributed by atoms with Gasteiger partial charge in [0.2, 0.25) is 0 Å². The number of amides is 1. The van der Waals surface area contributed by atoms with E-state index in [0.29, 0.717) is 48.3 Å². The van der Waals surface area contributed by atoms with Crippen molar-refractivity contribution in [2.24, 2.45) is 0 Å². The van der Waals surface area contributed by atoms with Crippen LogP contribution < -0.4 is 19.5 Å². The molecule has 0 aromatic heterocycles. The van der Waals surface area contributed by atoms with Crippen molar-refractivity contribution in [2.75, 3.05) is 25.1 Å². The average molecular weight is 311 g/mol. The SMILES string of the molecule is C=CCOc1cccc(NC(=O)c2ccc3c(c2)OCCO3)c1. The fraction of sp³-hybridized carbons (Fsp3) is 0.167. The van der Waals surface area contributed by atoms with E-state index < -0.39 is 0 Å². The van der Waals surface area contributed by atoms with E-state index in [0.717, 1.165) is 0 Å². The highest BCUT2D eigenvalue weighted by Crippen LogP contribution is 2.31. The van der Waals surface area contributed by atoms with E-state index in [2.05, 4.69) is 11.9 Å². The molecule has 2 aromatic carbocycles. The molecule has 2 aromatic rings. The number of rotatable bonds is 5. The number of benzene rings is 2. The van der Waals surface area contributed by atoms with Crippen LogP contribution in [-0.4, -0.2) is 25.7 Å². The standard InChI is InChI=1S/C18H17NO4/c1-2-8-21-15-5-3-4-14(12-15)19-18(20)13-6-7-16-17(11-13)23-10-9-22-16/h2-7,11-12H,1,8-10H2,(H,19,20).